The number of rotatable bonds is 8. The first kappa shape index (κ1) is 16.1. The summed E-state index contributed by atoms with van der Waals surface area (Å²) < 4.78 is 17.6. The summed E-state index contributed by atoms with van der Waals surface area (Å²) in [7, 11) is 1.49. The zero-order valence-corrected chi connectivity index (χ0v) is 12.3. The molecule has 6 nitrogen and oxygen atoms in total. The minimum absolute atomic E-state index is 0.297. The molecule has 2 N–H and O–H groups in total. The Bertz CT molecular complexity index is 480. The number of ether oxygens (including phenoxy) is 3. The van der Waals surface area contributed by atoms with E-state index < -0.39 is 5.97 Å². The highest BCUT2D eigenvalue weighted by Gasteiger charge is 2.24. The molecule has 0 spiro atoms. The fraction of sp³-hybridized carbons (Fsp3) is 0.500. The maximum Gasteiger partial charge on any atom is 0.343 e. The summed E-state index contributed by atoms with van der Waals surface area (Å²) in [4.78, 5) is 12.0. The molecular weight excluding hydrogens is 260 g/mol. The molecule has 6 heteroatoms. The lowest BCUT2D eigenvalue weighted by atomic mass is 10.2. The van der Waals surface area contributed by atoms with Crippen molar-refractivity contribution >= 4 is 11.7 Å². The molecule has 1 aromatic heterocycles. The number of hydrogen-bond acceptors (Lipinski definition) is 5. The molecule has 1 rings (SSSR count). The van der Waals surface area contributed by atoms with Gasteiger partial charge in [-0.2, -0.15) is 0 Å². The van der Waals surface area contributed by atoms with Gasteiger partial charge in [0.15, 0.2) is 5.75 Å². The summed E-state index contributed by atoms with van der Waals surface area (Å²) in [5.74, 6) is 0.398. The normalized spacial score (nSPS) is 10.2. The second-order valence-electron chi connectivity index (χ2n) is 3.98. The molecule has 20 heavy (non-hydrogen) atoms. The molecule has 0 aliphatic heterocycles. The van der Waals surface area contributed by atoms with Crippen LogP contribution in [0.1, 0.15) is 29.9 Å². The van der Waals surface area contributed by atoms with Crippen molar-refractivity contribution in [1.82, 2.24) is 4.57 Å². The van der Waals surface area contributed by atoms with E-state index in [-0.39, 0.29) is 0 Å². The molecule has 0 radical (unpaired) electrons. The molecule has 0 atom stereocenters. The van der Waals surface area contributed by atoms with Crippen molar-refractivity contribution in [2.45, 2.75) is 20.4 Å². The second kappa shape index (κ2) is 7.59. The monoisotopic (exact) mass is 282 g/mol. The lowest BCUT2D eigenvalue weighted by molar-refractivity contribution is 0.0523. The molecule has 0 aromatic carbocycles. The van der Waals surface area contributed by atoms with Crippen molar-refractivity contribution in [1.29, 1.82) is 0 Å². The maximum absolute atomic E-state index is 12.0. The minimum Gasteiger partial charge on any atom is -0.493 e. The lowest BCUT2D eigenvalue weighted by Gasteiger charge is -2.12. The van der Waals surface area contributed by atoms with Gasteiger partial charge in [-0.15, -0.1) is 0 Å². The second-order valence-corrected chi connectivity index (χ2v) is 3.98. The summed E-state index contributed by atoms with van der Waals surface area (Å²) in [6, 6.07) is 0. The highest BCUT2D eigenvalue weighted by molar-refractivity contribution is 5.94. The van der Waals surface area contributed by atoms with E-state index >= 15 is 0 Å². The molecule has 112 valence electrons. The molecule has 1 heterocycles. The number of hydrogen-bond donors (Lipinski definition) is 1. The number of esters is 1. The predicted molar refractivity (Wildman–Crippen MR) is 76.7 cm³/mol. The Kier molecular flexibility index (Phi) is 6.11. The zero-order chi connectivity index (χ0) is 15.1. The molecule has 0 saturated heterocycles. The van der Waals surface area contributed by atoms with Gasteiger partial charge in [-0.05, 0) is 13.8 Å². The summed E-state index contributed by atoms with van der Waals surface area (Å²) in [5, 5.41) is 0. The van der Waals surface area contributed by atoms with E-state index in [1.54, 1.807) is 17.7 Å². The van der Waals surface area contributed by atoms with Crippen molar-refractivity contribution in [2.75, 3.05) is 26.9 Å². The number of nitrogens with zero attached hydrogens (tertiary/aromatic N) is 1. The summed E-state index contributed by atoms with van der Waals surface area (Å²) >= 11 is 0. The Morgan fingerprint density at radius 2 is 2.00 bits per heavy atom. The third kappa shape index (κ3) is 3.33. The number of methoxy groups -OCH3 is 1. The number of nitrogens with two attached hydrogens (primary N) is 1. The van der Waals surface area contributed by atoms with Crippen molar-refractivity contribution < 1.29 is 19.0 Å². The number of carbonyl (C=O) groups excluding carboxylic acids is 1. The Hall–Kier alpha value is -1.95. The van der Waals surface area contributed by atoms with Crippen molar-refractivity contribution in [3.8, 4) is 5.75 Å². The van der Waals surface area contributed by atoms with Crippen LogP contribution in [0.2, 0.25) is 0 Å². The molecule has 0 aliphatic rings. The van der Waals surface area contributed by atoms with E-state index in [1.165, 1.54) is 7.11 Å². The Balaban J connectivity index is 3.30. The SMILES string of the molecule is C=C(OCC)c1c(OC)c(C(=O)OCC)cn1CCN. The average Bonchev–Trinajstić information content (AvgIpc) is 2.78. The minimum atomic E-state index is -0.439. The van der Waals surface area contributed by atoms with E-state index in [0.717, 1.165) is 0 Å². The van der Waals surface area contributed by atoms with Crippen molar-refractivity contribution in [2.24, 2.45) is 5.73 Å². The van der Waals surface area contributed by atoms with Crippen LogP contribution >= 0.6 is 0 Å². The smallest absolute Gasteiger partial charge is 0.343 e. The number of carbonyl (C=O) groups is 1. The number of aromatic nitrogens is 1. The van der Waals surface area contributed by atoms with E-state index in [0.29, 0.717) is 49.1 Å². The molecule has 0 fully saturated rings. The van der Waals surface area contributed by atoms with Crippen LogP contribution in [0, 0.1) is 0 Å². The fourth-order valence-corrected chi connectivity index (χ4v) is 1.94. The largest absolute Gasteiger partial charge is 0.493 e. The van der Waals surface area contributed by atoms with Gasteiger partial charge in [0.05, 0.1) is 20.3 Å². The average molecular weight is 282 g/mol. The van der Waals surface area contributed by atoms with Gasteiger partial charge in [0.1, 0.15) is 17.0 Å². The lowest BCUT2D eigenvalue weighted by Crippen LogP contribution is -2.12. The van der Waals surface area contributed by atoms with Crippen LogP contribution in [-0.4, -0.2) is 37.4 Å². The van der Waals surface area contributed by atoms with Crippen molar-refractivity contribution in [3.05, 3.63) is 24.0 Å². The fourth-order valence-electron chi connectivity index (χ4n) is 1.94. The maximum atomic E-state index is 12.0. The van der Waals surface area contributed by atoms with Crippen LogP contribution in [0.4, 0.5) is 0 Å². The van der Waals surface area contributed by atoms with Gasteiger partial charge in [-0.25, -0.2) is 4.79 Å². The first-order chi connectivity index (χ1) is 9.60. The van der Waals surface area contributed by atoms with E-state index in [4.69, 9.17) is 19.9 Å². The van der Waals surface area contributed by atoms with Crippen LogP contribution in [0.3, 0.4) is 0 Å². The third-order valence-corrected chi connectivity index (χ3v) is 2.68. The van der Waals surface area contributed by atoms with Crippen LogP contribution in [0.15, 0.2) is 12.8 Å². The molecule has 1 aromatic rings. The topological polar surface area (TPSA) is 75.7 Å². The molecule has 0 unspecified atom stereocenters. The van der Waals surface area contributed by atoms with E-state index in [2.05, 4.69) is 6.58 Å². The van der Waals surface area contributed by atoms with E-state index in [9.17, 15) is 4.79 Å². The van der Waals surface area contributed by atoms with Gasteiger partial charge in [-0.3, -0.25) is 0 Å². The Morgan fingerprint density at radius 3 is 2.50 bits per heavy atom. The van der Waals surface area contributed by atoms with Gasteiger partial charge >= 0.3 is 5.97 Å². The summed E-state index contributed by atoms with van der Waals surface area (Å²) in [5.41, 5.74) is 6.55. The Morgan fingerprint density at radius 1 is 1.35 bits per heavy atom. The quantitative estimate of drug-likeness (QED) is 0.579. The van der Waals surface area contributed by atoms with Gasteiger partial charge in [0.25, 0.3) is 0 Å². The van der Waals surface area contributed by atoms with E-state index in [1.807, 2.05) is 6.92 Å². The third-order valence-electron chi connectivity index (χ3n) is 2.68. The first-order valence-electron chi connectivity index (χ1n) is 6.56. The predicted octanol–water partition coefficient (Wildman–Crippen LogP) is 1.64. The molecule has 0 saturated carbocycles. The zero-order valence-electron chi connectivity index (χ0n) is 12.3. The summed E-state index contributed by atoms with van der Waals surface area (Å²) in [6.07, 6.45) is 1.66. The highest BCUT2D eigenvalue weighted by atomic mass is 16.5. The molecule has 0 bridgehead atoms. The standard InChI is InChI=1S/C14H22N2O4/c1-5-19-10(3)12-13(18-4)11(14(17)20-6-2)9-16(12)8-7-15/h9H,3,5-8,15H2,1-2,4H3. The summed E-state index contributed by atoms with van der Waals surface area (Å²) in [6.45, 7) is 9.20. The van der Waals surface area contributed by atoms with Crippen LogP contribution in [0.5, 0.6) is 5.75 Å². The molecular formula is C14H22N2O4. The molecule has 0 aliphatic carbocycles. The van der Waals surface area contributed by atoms with Gasteiger partial charge in [0, 0.05) is 19.3 Å². The van der Waals surface area contributed by atoms with Gasteiger partial charge < -0.3 is 24.5 Å². The van der Waals surface area contributed by atoms with Crippen LogP contribution in [0.25, 0.3) is 5.76 Å². The Labute approximate surface area is 119 Å². The molecule has 0 amide bonds. The first-order valence-corrected chi connectivity index (χ1v) is 6.56. The highest BCUT2D eigenvalue weighted by Crippen LogP contribution is 2.32. The van der Waals surface area contributed by atoms with Gasteiger partial charge in [0.2, 0.25) is 0 Å². The van der Waals surface area contributed by atoms with Crippen LogP contribution in [-0.2, 0) is 16.0 Å². The van der Waals surface area contributed by atoms with Gasteiger partial charge in [-0.1, -0.05) is 6.58 Å². The van der Waals surface area contributed by atoms with Crippen molar-refractivity contribution in [3.63, 3.8) is 0 Å². The van der Waals surface area contributed by atoms with Crippen LogP contribution < -0.4 is 10.5 Å².